The molecule has 0 spiro atoms. The van der Waals surface area contributed by atoms with Gasteiger partial charge in [-0.15, -0.1) is 0 Å². The molecule has 0 saturated heterocycles. The molecule has 1 fully saturated rings. The Hall–Kier alpha value is -0.780. The summed E-state index contributed by atoms with van der Waals surface area (Å²) in [5.74, 6) is 0.126. The average molecular weight is 238 g/mol. The van der Waals surface area contributed by atoms with Gasteiger partial charge in [0.15, 0.2) is 0 Å². The van der Waals surface area contributed by atoms with E-state index in [9.17, 15) is 18.0 Å². The Morgan fingerprint density at radius 1 is 1.44 bits per heavy atom. The van der Waals surface area contributed by atoms with E-state index in [1.54, 1.807) is 0 Å². The minimum atomic E-state index is -4.34. The molecule has 3 nitrogen and oxygen atoms in total. The van der Waals surface area contributed by atoms with Gasteiger partial charge in [-0.25, -0.2) is 0 Å². The standard InChI is InChI=1S/C10H17F3N2O/c1-7(4-8-2-3-8)14-5-9(16)15-6-10(11,12)13/h7-8,14H,2-6H2,1H3,(H,15,16). The number of carbonyl (C=O) groups excluding carboxylic acids is 1. The van der Waals surface area contributed by atoms with Gasteiger partial charge in [-0.1, -0.05) is 12.8 Å². The van der Waals surface area contributed by atoms with Gasteiger partial charge < -0.3 is 10.6 Å². The monoisotopic (exact) mass is 238 g/mol. The first-order valence-electron chi connectivity index (χ1n) is 5.43. The van der Waals surface area contributed by atoms with Crippen LogP contribution < -0.4 is 10.6 Å². The van der Waals surface area contributed by atoms with Gasteiger partial charge in [0.2, 0.25) is 5.91 Å². The first-order valence-corrected chi connectivity index (χ1v) is 5.43. The highest BCUT2D eigenvalue weighted by atomic mass is 19.4. The summed E-state index contributed by atoms with van der Waals surface area (Å²) in [5, 5.41) is 4.73. The van der Waals surface area contributed by atoms with Crippen LogP contribution in [0.5, 0.6) is 0 Å². The molecule has 1 aliphatic carbocycles. The van der Waals surface area contributed by atoms with Crippen molar-refractivity contribution in [3.8, 4) is 0 Å². The molecule has 0 aliphatic heterocycles. The SMILES string of the molecule is CC(CC1CC1)NCC(=O)NCC(F)(F)F. The van der Waals surface area contributed by atoms with E-state index in [1.165, 1.54) is 12.8 Å². The zero-order valence-electron chi connectivity index (χ0n) is 9.23. The Morgan fingerprint density at radius 3 is 2.56 bits per heavy atom. The lowest BCUT2D eigenvalue weighted by Gasteiger charge is -2.13. The highest BCUT2D eigenvalue weighted by Gasteiger charge is 2.28. The van der Waals surface area contributed by atoms with E-state index < -0.39 is 18.6 Å². The van der Waals surface area contributed by atoms with Gasteiger partial charge in [0.1, 0.15) is 6.54 Å². The van der Waals surface area contributed by atoms with Crippen LogP contribution in [0.2, 0.25) is 0 Å². The van der Waals surface area contributed by atoms with Gasteiger partial charge in [-0.05, 0) is 19.3 Å². The van der Waals surface area contributed by atoms with Crippen LogP contribution in [0.1, 0.15) is 26.2 Å². The average Bonchev–Trinajstić information content (AvgIpc) is 2.94. The fourth-order valence-electron chi connectivity index (χ4n) is 1.47. The van der Waals surface area contributed by atoms with Crippen LogP contribution in [0.3, 0.4) is 0 Å². The second-order valence-electron chi connectivity index (χ2n) is 4.35. The summed E-state index contributed by atoms with van der Waals surface area (Å²) in [7, 11) is 0. The molecule has 1 unspecified atom stereocenters. The van der Waals surface area contributed by atoms with Gasteiger partial charge in [0, 0.05) is 6.04 Å². The quantitative estimate of drug-likeness (QED) is 0.735. The molecule has 94 valence electrons. The van der Waals surface area contributed by atoms with Crippen molar-refractivity contribution in [2.75, 3.05) is 13.1 Å². The summed E-state index contributed by atoms with van der Waals surface area (Å²) in [6.45, 7) is 0.629. The van der Waals surface area contributed by atoms with Crippen molar-refractivity contribution in [3.05, 3.63) is 0 Å². The van der Waals surface area contributed by atoms with Crippen LogP contribution in [-0.2, 0) is 4.79 Å². The summed E-state index contributed by atoms with van der Waals surface area (Å²) in [6.07, 6.45) is -0.888. The predicted molar refractivity (Wildman–Crippen MR) is 53.9 cm³/mol. The molecule has 1 aliphatic rings. The molecular formula is C10H17F3N2O. The Morgan fingerprint density at radius 2 is 2.06 bits per heavy atom. The van der Waals surface area contributed by atoms with E-state index in [1.807, 2.05) is 12.2 Å². The lowest BCUT2D eigenvalue weighted by atomic mass is 10.1. The number of hydrogen-bond donors (Lipinski definition) is 2. The summed E-state index contributed by atoms with van der Waals surface area (Å²) >= 11 is 0. The third-order valence-corrected chi connectivity index (χ3v) is 2.48. The largest absolute Gasteiger partial charge is 0.405 e. The molecule has 16 heavy (non-hydrogen) atoms. The summed E-state index contributed by atoms with van der Waals surface area (Å²) in [6, 6.07) is 0.184. The molecule has 2 N–H and O–H groups in total. The Bertz CT molecular complexity index is 239. The maximum Gasteiger partial charge on any atom is 0.405 e. The number of amides is 1. The van der Waals surface area contributed by atoms with Crippen molar-refractivity contribution in [3.63, 3.8) is 0 Å². The molecule has 1 saturated carbocycles. The Balaban J connectivity index is 2.04. The van der Waals surface area contributed by atoms with E-state index >= 15 is 0 Å². The molecule has 0 heterocycles. The zero-order chi connectivity index (χ0) is 12.2. The van der Waals surface area contributed by atoms with Gasteiger partial charge in [0.25, 0.3) is 0 Å². The number of alkyl halides is 3. The van der Waals surface area contributed by atoms with Crippen LogP contribution >= 0.6 is 0 Å². The minimum Gasteiger partial charge on any atom is -0.346 e. The molecular weight excluding hydrogens is 221 g/mol. The van der Waals surface area contributed by atoms with Crippen LogP contribution in [-0.4, -0.2) is 31.2 Å². The molecule has 0 aromatic carbocycles. The predicted octanol–water partition coefficient (Wildman–Crippen LogP) is 1.44. The highest BCUT2D eigenvalue weighted by molar-refractivity contribution is 5.78. The molecule has 0 aromatic heterocycles. The van der Waals surface area contributed by atoms with Crippen molar-refractivity contribution in [2.45, 2.75) is 38.4 Å². The van der Waals surface area contributed by atoms with E-state index in [2.05, 4.69) is 5.32 Å². The molecule has 1 rings (SSSR count). The lowest BCUT2D eigenvalue weighted by molar-refractivity contribution is -0.137. The Kier molecular flexibility index (Phi) is 4.58. The van der Waals surface area contributed by atoms with Crippen molar-refractivity contribution in [1.29, 1.82) is 0 Å². The number of halogens is 3. The fraction of sp³-hybridized carbons (Fsp3) is 0.900. The maximum atomic E-state index is 11.8. The highest BCUT2D eigenvalue weighted by Crippen LogP contribution is 2.33. The van der Waals surface area contributed by atoms with Crippen molar-refractivity contribution in [1.82, 2.24) is 10.6 Å². The van der Waals surface area contributed by atoms with Crippen LogP contribution in [0.15, 0.2) is 0 Å². The van der Waals surface area contributed by atoms with E-state index in [4.69, 9.17) is 0 Å². The van der Waals surface area contributed by atoms with Gasteiger partial charge in [-0.2, -0.15) is 13.2 Å². The lowest BCUT2D eigenvalue weighted by Crippen LogP contribution is -2.41. The first kappa shape index (κ1) is 13.3. The number of rotatable bonds is 6. The number of hydrogen-bond acceptors (Lipinski definition) is 2. The first-order chi connectivity index (χ1) is 7.37. The molecule has 6 heteroatoms. The fourth-order valence-corrected chi connectivity index (χ4v) is 1.47. The van der Waals surface area contributed by atoms with Crippen LogP contribution in [0.4, 0.5) is 13.2 Å². The smallest absolute Gasteiger partial charge is 0.346 e. The molecule has 0 bridgehead atoms. The summed E-state index contributed by atoms with van der Waals surface area (Å²) in [4.78, 5) is 11.0. The Labute approximate surface area is 92.8 Å². The topological polar surface area (TPSA) is 41.1 Å². The van der Waals surface area contributed by atoms with Crippen molar-refractivity contribution in [2.24, 2.45) is 5.92 Å². The number of carbonyl (C=O) groups is 1. The van der Waals surface area contributed by atoms with E-state index in [-0.39, 0.29) is 12.6 Å². The van der Waals surface area contributed by atoms with Crippen molar-refractivity contribution >= 4 is 5.91 Å². The number of nitrogens with one attached hydrogen (secondary N) is 2. The van der Waals surface area contributed by atoms with E-state index in [0.717, 1.165) is 12.3 Å². The van der Waals surface area contributed by atoms with Gasteiger partial charge in [0.05, 0.1) is 6.54 Å². The molecule has 0 radical (unpaired) electrons. The molecule has 1 atom stereocenters. The maximum absolute atomic E-state index is 11.8. The van der Waals surface area contributed by atoms with Crippen molar-refractivity contribution < 1.29 is 18.0 Å². The van der Waals surface area contributed by atoms with Gasteiger partial charge in [-0.3, -0.25) is 4.79 Å². The second-order valence-corrected chi connectivity index (χ2v) is 4.35. The van der Waals surface area contributed by atoms with Crippen LogP contribution in [0, 0.1) is 5.92 Å². The minimum absolute atomic E-state index is 0.0516. The molecule has 0 aromatic rings. The van der Waals surface area contributed by atoms with Gasteiger partial charge >= 0.3 is 6.18 Å². The normalized spacial score (nSPS) is 18.2. The summed E-state index contributed by atoms with van der Waals surface area (Å²) in [5.41, 5.74) is 0. The zero-order valence-corrected chi connectivity index (χ0v) is 9.23. The third-order valence-electron chi connectivity index (χ3n) is 2.48. The summed E-state index contributed by atoms with van der Waals surface area (Å²) < 4.78 is 35.3. The third kappa shape index (κ3) is 6.66. The second kappa shape index (κ2) is 5.52. The molecule has 1 amide bonds. The van der Waals surface area contributed by atoms with E-state index in [0.29, 0.717) is 0 Å². The van der Waals surface area contributed by atoms with Crippen LogP contribution in [0.25, 0.3) is 0 Å².